The van der Waals surface area contributed by atoms with Gasteiger partial charge in [0.25, 0.3) is 5.56 Å². The number of methoxy groups -OCH3 is 1. The average Bonchev–Trinajstić information content (AvgIpc) is 2.16. The lowest BCUT2D eigenvalue weighted by atomic mass is 10.3. The van der Waals surface area contributed by atoms with E-state index in [-0.39, 0.29) is 12.1 Å². The molecule has 1 rings (SSSR count). The van der Waals surface area contributed by atoms with Crippen LogP contribution >= 0.6 is 0 Å². The van der Waals surface area contributed by atoms with Gasteiger partial charge in [0.2, 0.25) is 0 Å². The molecule has 0 spiro atoms. The van der Waals surface area contributed by atoms with E-state index in [1.54, 1.807) is 23.9 Å². The van der Waals surface area contributed by atoms with Crippen molar-refractivity contribution in [3.8, 4) is 0 Å². The fourth-order valence-electron chi connectivity index (χ4n) is 1.11. The second-order valence-corrected chi connectivity index (χ2v) is 2.73. The van der Waals surface area contributed by atoms with Gasteiger partial charge in [-0.15, -0.1) is 0 Å². The summed E-state index contributed by atoms with van der Waals surface area (Å²) in [7, 11) is 1.61. The Morgan fingerprint density at radius 1 is 1.62 bits per heavy atom. The molecule has 0 radical (unpaired) electrons. The van der Waals surface area contributed by atoms with Crippen molar-refractivity contribution in [3.05, 3.63) is 34.2 Å². The first-order valence-corrected chi connectivity index (χ1v) is 4.17. The molecule has 0 saturated carbocycles. The Morgan fingerprint density at radius 3 is 3.00 bits per heavy atom. The summed E-state index contributed by atoms with van der Waals surface area (Å²) in [5, 5.41) is 0. The summed E-state index contributed by atoms with van der Waals surface area (Å²) in [6.07, 6.45) is 1.74. The van der Waals surface area contributed by atoms with E-state index in [0.717, 1.165) is 0 Å². The molecule has 72 valence electrons. The van der Waals surface area contributed by atoms with Crippen LogP contribution in [0.4, 0.5) is 0 Å². The quantitative estimate of drug-likeness (QED) is 0.710. The molecule has 0 bridgehead atoms. The molecular formula is C9H14N2O2. The van der Waals surface area contributed by atoms with Gasteiger partial charge in [0.05, 0.1) is 6.61 Å². The predicted octanol–water partition coefficient (Wildman–Crippen LogP) is -0.0466. The van der Waals surface area contributed by atoms with Gasteiger partial charge in [0.1, 0.15) is 0 Å². The van der Waals surface area contributed by atoms with Crippen molar-refractivity contribution in [2.45, 2.75) is 13.1 Å². The minimum absolute atomic E-state index is 0.0259. The summed E-state index contributed by atoms with van der Waals surface area (Å²) in [6.45, 7) is 1.39. The molecule has 1 aromatic heterocycles. The minimum atomic E-state index is -0.0259. The molecule has 1 heterocycles. The van der Waals surface area contributed by atoms with Gasteiger partial charge in [-0.3, -0.25) is 4.79 Å². The van der Waals surface area contributed by atoms with Crippen LogP contribution in [-0.4, -0.2) is 18.3 Å². The second-order valence-electron chi connectivity index (χ2n) is 2.73. The van der Waals surface area contributed by atoms with Crippen LogP contribution in [0.2, 0.25) is 0 Å². The molecule has 2 N–H and O–H groups in total. The summed E-state index contributed by atoms with van der Waals surface area (Å²) in [4.78, 5) is 11.5. The molecule has 0 saturated heterocycles. The molecule has 0 fully saturated rings. The maximum atomic E-state index is 11.5. The third kappa shape index (κ3) is 2.40. The monoisotopic (exact) mass is 182 g/mol. The largest absolute Gasteiger partial charge is 0.383 e. The number of aromatic nitrogens is 1. The molecule has 0 aliphatic heterocycles. The van der Waals surface area contributed by atoms with Gasteiger partial charge in [-0.25, -0.2) is 0 Å². The third-order valence-electron chi connectivity index (χ3n) is 1.86. The second kappa shape index (κ2) is 4.79. The average molecular weight is 182 g/mol. The maximum Gasteiger partial charge on any atom is 0.255 e. The zero-order valence-electron chi connectivity index (χ0n) is 7.69. The minimum Gasteiger partial charge on any atom is -0.383 e. The van der Waals surface area contributed by atoms with Crippen molar-refractivity contribution in [1.29, 1.82) is 0 Å². The number of rotatable bonds is 4. The summed E-state index contributed by atoms with van der Waals surface area (Å²) < 4.78 is 6.49. The zero-order valence-corrected chi connectivity index (χ0v) is 7.69. The summed E-state index contributed by atoms with van der Waals surface area (Å²) in [5.41, 5.74) is 6.02. The molecule has 0 aromatic carbocycles. The molecule has 0 atom stereocenters. The van der Waals surface area contributed by atoms with E-state index < -0.39 is 0 Å². The van der Waals surface area contributed by atoms with Crippen molar-refractivity contribution in [3.63, 3.8) is 0 Å². The van der Waals surface area contributed by atoms with Crippen LogP contribution in [0.1, 0.15) is 5.56 Å². The lowest BCUT2D eigenvalue weighted by Crippen LogP contribution is -2.25. The van der Waals surface area contributed by atoms with Crippen molar-refractivity contribution in [1.82, 2.24) is 4.57 Å². The van der Waals surface area contributed by atoms with Gasteiger partial charge in [-0.2, -0.15) is 0 Å². The Balaban J connectivity index is 2.88. The van der Waals surface area contributed by atoms with Crippen LogP contribution in [0.15, 0.2) is 23.1 Å². The van der Waals surface area contributed by atoms with Gasteiger partial charge in [0.15, 0.2) is 0 Å². The van der Waals surface area contributed by atoms with Crippen LogP contribution in [0, 0.1) is 0 Å². The summed E-state index contributed by atoms with van der Waals surface area (Å²) in [5.74, 6) is 0. The van der Waals surface area contributed by atoms with E-state index in [9.17, 15) is 4.79 Å². The van der Waals surface area contributed by atoms with E-state index in [2.05, 4.69) is 0 Å². The molecule has 0 aliphatic rings. The topological polar surface area (TPSA) is 57.2 Å². The first-order valence-electron chi connectivity index (χ1n) is 4.17. The first kappa shape index (κ1) is 9.95. The maximum absolute atomic E-state index is 11.5. The Bertz CT molecular complexity index is 320. The van der Waals surface area contributed by atoms with Gasteiger partial charge in [0, 0.05) is 32.0 Å². The Morgan fingerprint density at radius 2 is 2.38 bits per heavy atom. The molecule has 0 unspecified atom stereocenters. The number of hydrogen-bond donors (Lipinski definition) is 1. The highest BCUT2D eigenvalue weighted by Crippen LogP contribution is 1.90. The van der Waals surface area contributed by atoms with E-state index >= 15 is 0 Å². The van der Waals surface area contributed by atoms with Crippen LogP contribution in [-0.2, 0) is 17.8 Å². The molecule has 4 nitrogen and oxygen atoms in total. The number of nitrogens with zero attached hydrogens (tertiary/aromatic N) is 1. The Kier molecular flexibility index (Phi) is 3.67. The van der Waals surface area contributed by atoms with Crippen molar-refractivity contribution in [2.24, 2.45) is 5.73 Å². The number of hydrogen-bond acceptors (Lipinski definition) is 3. The summed E-state index contributed by atoms with van der Waals surface area (Å²) in [6, 6.07) is 3.56. The number of nitrogens with two attached hydrogens (primary N) is 1. The highest BCUT2D eigenvalue weighted by Gasteiger charge is 1.99. The normalized spacial score (nSPS) is 10.3. The fraction of sp³-hybridized carbons (Fsp3) is 0.444. The van der Waals surface area contributed by atoms with Crippen molar-refractivity contribution in [2.75, 3.05) is 13.7 Å². The highest BCUT2D eigenvalue weighted by molar-refractivity contribution is 5.09. The molecule has 0 aliphatic carbocycles. The molecule has 1 aromatic rings. The Labute approximate surface area is 76.9 Å². The van der Waals surface area contributed by atoms with Gasteiger partial charge >= 0.3 is 0 Å². The van der Waals surface area contributed by atoms with E-state index in [4.69, 9.17) is 10.5 Å². The number of pyridine rings is 1. The van der Waals surface area contributed by atoms with Gasteiger partial charge < -0.3 is 15.0 Å². The van der Waals surface area contributed by atoms with Crippen molar-refractivity contribution >= 4 is 0 Å². The molecule has 4 heteroatoms. The molecule has 0 amide bonds. The van der Waals surface area contributed by atoms with E-state index in [1.807, 2.05) is 6.07 Å². The van der Waals surface area contributed by atoms with Crippen LogP contribution in [0.25, 0.3) is 0 Å². The molecular weight excluding hydrogens is 168 g/mol. The van der Waals surface area contributed by atoms with E-state index in [0.29, 0.717) is 18.7 Å². The third-order valence-corrected chi connectivity index (χ3v) is 1.86. The standard InChI is InChI=1S/C9H14N2O2/c1-13-6-5-11-4-2-3-8(7-10)9(11)12/h2-4H,5-7,10H2,1H3. The van der Waals surface area contributed by atoms with Crippen molar-refractivity contribution < 1.29 is 4.74 Å². The summed E-state index contributed by atoms with van der Waals surface area (Å²) >= 11 is 0. The fourth-order valence-corrected chi connectivity index (χ4v) is 1.11. The lowest BCUT2D eigenvalue weighted by molar-refractivity contribution is 0.186. The van der Waals surface area contributed by atoms with Crippen LogP contribution < -0.4 is 11.3 Å². The highest BCUT2D eigenvalue weighted by atomic mass is 16.5. The van der Waals surface area contributed by atoms with Crippen LogP contribution in [0.3, 0.4) is 0 Å². The van der Waals surface area contributed by atoms with E-state index in [1.165, 1.54) is 0 Å². The zero-order chi connectivity index (χ0) is 9.68. The first-order chi connectivity index (χ1) is 6.29. The number of ether oxygens (including phenoxy) is 1. The lowest BCUT2D eigenvalue weighted by Gasteiger charge is -2.05. The Hall–Kier alpha value is -1.13. The predicted molar refractivity (Wildman–Crippen MR) is 50.5 cm³/mol. The van der Waals surface area contributed by atoms with Gasteiger partial charge in [-0.1, -0.05) is 6.07 Å². The smallest absolute Gasteiger partial charge is 0.255 e. The SMILES string of the molecule is COCCn1cccc(CN)c1=O. The molecule has 13 heavy (non-hydrogen) atoms. The van der Waals surface area contributed by atoms with Gasteiger partial charge in [-0.05, 0) is 6.07 Å². The van der Waals surface area contributed by atoms with Crippen LogP contribution in [0.5, 0.6) is 0 Å².